The van der Waals surface area contributed by atoms with E-state index in [-0.39, 0.29) is 5.82 Å². The molecule has 2 aliphatic heterocycles. The molecule has 5 rings (SSSR count). The van der Waals surface area contributed by atoms with Gasteiger partial charge in [-0.25, -0.2) is 9.18 Å². The molecule has 0 bridgehead atoms. The fraction of sp³-hybridized carbons (Fsp3) is 0.375. The number of rotatable bonds is 6. The number of carbonyl (C=O) groups excluding carboxylic acids is 1. The molecule has 0 radical (unpaired) electrons. The molecule has 1 aliphatic carbocycles. The molecule has 2 aromatic carbocycles. The van der Waals surface area contributed by atoms with Gasteiger partial charge in [-0.05, 0) is 79.1 Å². The minimum atomic E-state index is -0.425. The number of halogens is 1. The molecule has 162 valence electrons. The lowest BCUT2D eigenvalue weighted by Crippen LogP contribution is -2.18. The van der Waals surface area contributed by atoms with Gasteiger partial charge < -0.3 is 19.5 Å². The Morgan fingerprint density at radius 3 is 3.06 bits per heavy atom. The normalized spacial score (nSPS) is 23.7. The van der Waals surface area contributed by atoms with Crippen LogP contribution in [0.2, 0.25) is 0 Å². The lowest BCUT2D eigenvalue weighted by Gasteiger charge is -2.21. The van der Waals surface area contributed by atoms with Crippen molar-refractivity contribution in [3.05, 3.63) is 58.9 Å². The molecule has 2 heterocycles. The zero-order valence-corrected chi connectivity index (χ0v) is 18.1. The molecular weight excluding hydrogens is 415 g/mol. The first-order valence-corrected chi connectivity index (χ1v) is 11.5. The van der Waals surface area contributed by atoms with E-state index in [0.717, 1.165) is 41.8 Å². The van der Waals surface area contributed by atoms with Crippen LogP contribution in [0, 0.1) is 11.7 Å². The number of ether oxygens (including phenoxy) is 2. The zero-order valence-electron chi connectivity index (χ0n) is 17.3. The first-order chi connectivity index (χ1) is 15.1. The lowest BCUT2D eigenvalue weighted by molar-refractivity contribution is 0.0596. The van der Waals surface area contributed by atoms with E-state index in [1.165, 1.54) is 31.2 Å². The van der Waals surface area contributed by atoms with Crippen LogP contribution in [-0.2, 0) is 4.74 Å². The fourth-order valence-corrected chi connectivity index (χ4v) is 5.16. The van der Waals surface area contributed by atoms with E-state index in [1.807, 2.05) is 18.2 Å². The Morgan fingerprint density at radius 2 is 2.26 bits per heavy atom. The van der Waals surface area contributed by atoms with Gasteiger partial charge in [0.15, 0.2) is 0 Å². The summed E-state index contributed by atoms with van der Waals surface area (Å²) in [4.78, 5) is 13.4. The van der Waals surface area contributed by atoms with Crippen molar-refractivity contribution >= 4 is 29.7 Å². The summed E-state index contributed by atoms with van der Waals surface area (Å²) in [6.45, 7) is 1.65. The smallest absolute Gasteiger partial charge is 0.343 e. The summed E-state index contributed by atoms with van der Waals surface area (Å²) >= 11 is 1.34. The van der Waals surface area contributed by atoms with E-state index in [4.69, 9.17) is 9.47 Å². The lowest BCUT2D eigenvalue weighted by atomic mass is 10.0. The van der Waals surface area contributed by atoms with Crippen LogP contribution in [0.5, 0.6) is 5.75 Å². The monoisotopic (exact) mass is 440 g/mol. The summed E-state index contributed by atoms with van der Waals surface area (Å²) in [5, 5.41) is 3.41. The quantitative estimate of drug-likeness (QED) is 0.487. The summed E-state index contributed by atoms with van der Waals surface area (Å²) in [7, 11) is 1.38. The summed E-state index contributed by atoms with van der Waals surface area (Å²) in [5.41, 5.74) is 2.93. The molecule has 31 heavy (non-hydrogen) atoms. The number of carbonyl (C=O) groups is 1. The van der Waals surface area contributed by atoms with E-state index in [2.05, 4.69) is 16.1 Å². The largest absolute Gasteiger partial charge is 0.492 e. The van der Waals surface area contributed by atoms with Crippen molar-refractivity contribution < 1.29 is 18.7 Å². The molecule has 2 unspecified atom stereocenters. The number of nitrogens with one attached hydrogen (secondary N) is 2. The topological polar surface area (TPSA) is 59.6 Å². The van der Waals surface area contributed by atoms with Gasteiger partial charge in [-0.2, -0.15) is 0 Å². The minimum absolute atomic E-state index is 0.278. The van der Waals surface area contributed by atoms with Crippen LogP contribution in [0.15, 0.2) is 41.3 Å². The zero-order chi connectivity index (χ0) is 21.4. The van der Waals surface area contributed by atoms with E-state index in [1.54, 1.807) is 6.07 Å². The second-order valence-electron chi connectivity index (χ2n) is 8.26. The van der Waals surface area contributed by atoms with Gasteiger partial charge in [0.1, 0.15) is 17.1 Å². The van der Waals surface area contributed by atoms with Crippen molar-refractivity contribution in [3.63, 3.8) is 0 Å². The van der Waals surface area contributed by atoms with Crippen LogP contribution in [0.3, 0.4) is 0 Å². The van der Waals surface area contributed by atoms with Gasteiger partial charge in [-0.3, -0.25) is 0 Å². The van der Waals surface area contributed by atoms with Crippen molar-refractivity contribution in [2.45, 2.75) is 36.1 Å². The van der Waals surface area contributed by atoms with Gasteiger partial charge >= 0.3 is 5.97 Å². The Morgan fingerprint density at radius 1 is 1.35 bits per heavy atom. The molecule has 0 amide bonds. The van der Waals surface area contributed by atoms with Gasteiger partial charge in [0, 0.05) is 16.9 Å². The number of benzene rings is 2. The maximum absolute atomic E-state index is 13.9. The van der Waals surface area contributed by atoms with Crippen LogP contribution in [-0.4, -0.2) is 32.3 Å². The summed E-state index contributed by atoms with van der Waals surface area (Å²) in [6.07, 6.45) is 7.40. The third-order valence-electron chi connectivity index (χ3n) is 6.19. The highest BCUT2D eigenvalue weighted by Gasteiger charge is 2.45. The van der Waals surface area contributed by atoms with E-state index in [0.29, 0.717) is 41.5 Å². The molecule has 5 nitrogen and oxygen atoms in total. The number of hydrogen-bond donors (Lipinski definition) is 2. The molecule has 0 spiro atoms. The number of fused-ring (bicyclic) bond motifs is 3. The number of hydrogen-bond acceptors (Lipinski definition) is 6. The molecule has 2 fully saturated rings. The Balaban J connectivity index is 1.40. The Bertz CT molecular complexity index is 1040. The third-order valence-corrected chi connectivity index (χ3v) is 7.10. The third kappa shape index (κ3) is 4.16. The SMILES string of the molecule is COC(=O)c1c(NSc2ccc(F)cc2/C=C\C2CCCN2)ccc2c1OC[C@@H]1CC21. The van der Waals surface area contributed by atoms with E-state index < -0.39 is 5.97 Å². The van der Waals surface area contributed by atoms with Crippen molar-refractivity contribution in [1.82, 2.24) is 5.32 Å². The van der Waals surface area contributed by atoms with E-state index in [9.17, 15) is 9.18 Å². The summed E-state index contributed by atoms with van der Waals surface area (Å²) in [6, 6.07) is 8.98. The standard InChI is InChI=1S/C24H25FN2O3S/c1-29-24(28)22-20(8-7-18-19-12-15(19)13-30-23(18)22)27-31-21-9-5-16(25)11-14(21)4-6-17-3-2-10-26-17/h4-9,11,15,17,19,26-27H,2-3,10,12-13H2,1H3/b6-4-/t15-,17?,19?/m0/s1. The Hall–Kier alpha value is -2.51. The van der Waals surface area contributed by atoms with Crippen LogP contribution >= 0.6 is 11.9 Å². The fourth-order valence-electron chi connectivity index (χ4n) is 4.39. The summed E-state index contributed by atoms with van der Waals surface area (Å²) in [5.74, 6) is 0.967. The second-order valence-corrected chi connectivity index (χ2v) is 9.11. The molecule has 2 N–H and O–H groups in total. The average Bonchev–Trinajstić information content (AvgIpc) is 3.41. The number of anilines is 1. The van der Waals surface area contributed by atoms with E-state index >= 15 is 0 Å². The number of esters is 1. The minimum Gasteiger partial charge on any atom is -0.492 e. The van der Waals surface area contributed by atoms with Crippen LogP contribution in [0.4, 0.5) is 10.1 Å². The van der Waals surface area contributed by atoms with Gasteiger partial charge in [0.25, 0.3) is 0 Å². The van der Waals surface area contributed by atoms with Crippen molar-refractivity contribution in [2.24, 2.45) is 5.92 Å². The highest BCUT2D eigenvalue weighted by molar-refractivity contribution is 8.00. The maximum atomic E-state index is 13.9. The molecule has 0 aromatic heterocycles. The molecule has 1 saturated heterocycles. The van der Waals surface area contributed by atoms with Crippen molar-refractivity contribution in [3.8, 4) is 5.75 Å². The van der Waals surface area contributed by atoms with Crippen molar-refractivity contribution in [1.29, 1.82) is 0 Å². The van der Waals surface area contributed by atoms with Gasteiger partial charge in [0.2, 0.25) is 0 Å². The average molecular weight is 441 g/mol. The number of methoxy groups -OCH3 is 1. The highest BCUT2D eigenvalue weighted by atomic mass is 32.2. The predicted molar refractivity (Wildman–Crippen MR) is 120 cm³/mol. The second kappa shape index (κ2) is 8.55. The molecule has 2 aromatic rings. The van der Waals surface area contributed by atoms with Crippen molar-refractivity contribution in [2.75, 3.05) is 25.0 Å². The van der Waals surface area contributed by atoms with Gasteiger partial charge in [0.05, 0.1) is 19.4 Å². The highest BCUT2D eigenvalue weighted by Crippen LogP contribution is 2.55. The molecule has 3 atom stereocenters. The molecular formula is C24H25FN2O3S. The Labute approximate surface area is 185 Å². The molecule has 7 heteroatoms. The van der Waals surface area contributed by atoms with Crippen LogP contribution in [0.1, 0.15) is 46.7 Å². The first kappa shape index (κ1) is 20.4. The van der Waals surface area contributed by atoms with Gasteiger partial charge in [-0.1, -0.05) is 18.2 Å². The van der Waals surface area contributed by atoms with Crippen LogP contribution < -0.4 is 14.8 Å². The summed E-state index contributed by atoms with van der Waals surface area (Å²) < 4.78 is 28.2. The first-order valence-electron chi connectivity index (χ1n) is 10.7. The predicted octanol–water partition coefficient (Wildman–Crippen LogP) is 4.99. The Kier molecular flexibility index (Phi) is 5.63. The van der Waals surface area contributed by atoms with Crippen LogP contribution in [0.25, 0.3) is 6.08 Å². The molecule has 3 aliphatic rings. The maximum Gasteiger partial charge on any atom is 0.343 e. The van der Waals surface area contributed by atoms with Gasteiger partial charge in [-0.15, -0.1) is 0 Å². The molecule has 1 saturated carbocycles.